The van der Waals surface area contributed by atoms with Crippen LogP contribution < -0.4 is 21.0 Å². The van der Waals surface area contributed by atoms with Crippen molar-refractivity contribution in [1.29, 1.82) is 0 Å². The molecule has 10 nitrogen and oxygen atoms in total. The summed E-state index contributed by atoms with van der Waals surface area (Å²) < 4.78 is 41.9. The van der Waals surface area contributed by atoms with Crippen LogP contribution in [-0.4, -0.2) is 81.0 Å². The molecule has 2 saturated heterocycles. The van der Waals surface area contributed by atoms with Gasteiger partial charge in [0.1, 0.15) is 23.7 Å². The van der Waals surface area contributed by atoms with E-state index in [0.29, 0.717) is 12.4 Å². The van der Waals surface area contributed by atoms with Crippen LogP contribution in [0.25, 0.3) is 0 Å². The molecule has 2 aromatic carbocycles. The highest BCUT2D eigenvalue weighted by Gasteiger charge is 2.52. The van der Waals surface area contributed by atoms with E-state index in [2.05, 4.69) is 39.2 Å². The van der Waals surface area contributed by atoms with Gasteiger partial charge in [-0.1, -0.05) is 45.0 Å². The lowest BCUT2D eigenvalue weighted by Crippen LogP contribution is -2.49. The van der Waals surface area contributed by atoms with Crippen molar-refractivity contribution in [3.05, 3.63) is 48.5 Å². The van der Waals surface area contributed by atoms with Crippen molar-refractivity contribution < 1.29 is 42.4 Å². The fourth-order valence-electron chi connectivity index (χ4n) is 4.64. The van der Waals surface area contributed by atoms with E-state index >= 15 is 0 Å². The first-order valence-electron chi connectivity index (χ1n) is 17.9. The lowest BCUT2D eigenvalue weighted by molar-refractivity contribution is 0.00578. The van der Waals surface area contributed by atoms with Crippen LogP contribution in [-0.2, 0) is 27.8 Å². The summed E-state index contributed by atoms with van der Waals surface area (Å²) in [4.78, 5) is 12.4. The predicted molar refractivity (Wildman–Crippen MR) is 208 cm³/mol. The Balaban J connectivity index is 0.000000362. The van der Waals surface area contributed by atoms with Gasteiger partial charge in [-0.25, -0.2) is 4.79 Å². The number of alkyl carbamates (subject to hydrolysis) is 1. The van der Waals surface area contributed by atoms with Gasteiger partial charge in [0, 0.05) is 0 Å². The quantitative estimate of drug-likeness (QED) is 0.265. The number of hydrogen-bond acceptors (Lipinski definition) is 9. The SMILES string of the molecule is CC(C)(C)OC(=O)N[C@H](COc1ccc(B2OC(C)(C)C(C)(C)O2)cc1)CO[Si](C)(C)C(C)(C)C.CC1(C)OB(c2ccc(O)cc2)OC1(C)C. The molecule has 4 rings (SSSR count). The molecule has 1 atom stereocenters. The maximum atomic E-state index is 12.4. The van der Waals surface area contributed by atoms with Gasteiger partial charge in [-0.15, -0.1) is 0 Å². The van der Waals surface area contributed by atoms with E-state index in [4.69, 9.17) is 32.5 Å². The largest absolute Gasteiger partial charge is 0.508 e. The molecule has 2 heterocycles. The van der Waals surface area contributed by atoms with Gasteiger partial charge in [0.15, 0.2) is 8.32 Å². The zero-order valence-electron chi connectivity index (χ0n) is 34.0. The molecule has 2 aliphatic rings. The molecule has 0 aromatic heterocycles. The van der Waals surface area contributed by atoms with Crippen molar-refractivity contribution in [2.75, 3.05) is 13.2 Å². The number of phenols is 1. The predicted octanol–water partition coefficient (Wildman–Crippen LogP) is 6.97. The van der Waals surface area contributed by atoms with Crippen LogP contribution in [0.15, 0.2) is 48.5 Å². The van der Waals surface area contributed by atoms with Crippen LogP contribution in [0.3, 0.4) is 0 Å². The van der Waals surface area contributed by atoms with Crippen molar-refractivity contribution in [2.45, 2.75) is 149 Å². The molecule has 0 bridgehead atoms. The van der Waals surface area contributed by atoms with Crippen LogP contribution in [0.2, 0.25) is 18.1 Å². The fourth-order valence-corrected chi connectivity index (χ4v) is 5.69. The summed E-state index contributed by atoms with van der Waals surface area (Å²) in [7, 11) is -2.77. The van der Waals surface area contributed by atoms with E-state index in [0.717, 1.165) is 10.9 Å². The highest BCUT2D eigenvalue weighted by molar-refractivity contribution is 6.74. The first kappa shape index (κ1) is 42.9. The van der Waals surface area contributed by atoms with Crippen molar-refractivity contribution in [3.63, 3.8) is 0 Å². The molecule has 2 aromatic rings. The number of ether oxygens (including phenoxy) is 2. The highest BCUT2D eigenvalue weighted by Crippen LogP contribution is 2.38. The van der Waals surface area contributed by atoms with Crippen molar-refractivity contribution in [3.8, 4) is 11.5 Å². The standard InChI is InChI=1S/C26H46BNO6Si.C12H17BO3/c1-23(2,3)32-22(29)28-20(18-31-35(11,12)24(4,5)6)17-30-21-15-13-19(14-16-21)27-33-25(7,8)26(9,10)34-27;1-11(2)12(3,4)16-13(15-11)9-5-7-10(14)8-6-9/h13-16,20H,17-18H2,1-12H3,(H,28,29);5-8,14H,1-4H3/t20-;/m1./s1. The molecule has 2 aliphatic heterocycles. The van der Waals surface area contributed by atoms with Gasteiger partial charge in [0.05, 0.1) is 35.1 Å². The summed E-state index contributed by atoms with van der Waals surface area (Å²) in [5, 5.41) is 12.2. The molecule has 0 spiro atoms. The number of amides is 1. The number of carbonyl (C=O) groups is 1. The van der Waals surface area contributed by atoms with Gasteiger partial charge < -0.3 is 42.9 Å². The fraction of sp³-hybridized carbons (Fsp3) is 0.658. The summed E-state index contributed by atoms with van der Waals surface area (Å²) in [6.45, 7) is 33.3. The Kier molecular flexibility index (Phi) is 13.0. The Morgan fingerprint density at radius 2 is 1.12 bits per heavy atom. The Hall–Kier alpha value is -2.54. The molecule has 51 heavy (non-hydrogen) atoms. The van der Waals surface area contributed by atoms with Crippen LogP contribution in [0.5, 0.6) is 11.5 Å². The van der Waals surface area contributed by atoms with Gasteiger partial charge in [0.25, 0.3) is 0 Å². The molecule has 2 N–H and O–H groups in total. The van der Waals surface area contributed by atoms with Gasteiger partial charge in [-0.2, -0.15) is 0 Å². The molecule has 0 unspecified atom stereocenters. The minimum Gasteiger partial charge on any atom is -0.508 e. The Labute approximate surface area is 309 Å². The Morgan fingerprint density at radius 3 is 1.49 bits per heavy atom. The summed E-state index contributed by atoms with van der Waals surface area (Å²) >= 11 is 0. The molecular weight excluding hydrogens is 664 g/mol. The molecule has 0 saturated carbocycles. The normalized spacial score (nSPS) is 19.9. The third-order valence-electron chi connectivity index (χ3n) is 10.4. The van der Waals surface area contributed by atoms with Crippen LogP contribution in [0.4, 0.5) is 4.79 Å². The number of nitrogens with one attached hydrogen (secondary N) is 1. The third kappa shape index (κ3) is 11.5. The van der Waals surface area contributed by atoms with Crippen LogP contribution in [0.1, 0.15) is 96.9 Å². The topological polar surface area (TPSA) is 114 Å². The summed E-state index contributed by atoms with van der Waals surface area (Å²) in [5.74, 6) is 0.939. The van der Waals surface area contributed by atoms with E-state index in [9.17, 15) is 9.90 Å². The van der Waals surface area contributed by atoms with E-state index < -0.39 is 38.3 Å². The average Bonchev–Trinajstić information content (AvgIpc) is 3.33. The molecule has 1 amide bonds. The molecule has 0 radical (unpaired) electrons. The number of rotatable bonds is 9. The second kappa shape index (κ2) is 15.4. The average molecular weight is 728 g/mol. The smallest absolute Gasteiger partial charge is 0.494 e. The maximum absolute atomic E-state index is 12.4. The Bertz CT molecular complexity index is 1420. The first-order chi connectivity index (χ1) is 23.0. The number of aromatic hydroxyl groups is 1. The van der Waals surface area contributed by atoms with Crippen molar-refractivity contribution in [2.24, 2.45) is 0 Å². The zero-order valence-corrected chi connectivity index (χ0v) is 35.0. The molecule has 284 valence electrons. The highest BCUT2D eigenvalue weighted by atomic mass is 28.4. The lowest BCUT2D eigenvalue weighted by Gasteiger charge is -2.37. The summed E-state index contributed by atoms with van der Waals surface area (Å²) in [5.41, 5.74) is -0.156. The monoisotopic (exact) mass is 727 g/mol. The van der Waals surface area contributed by atoms with Gasteiger partial charge in [-0.3, -0.25) is 0 Å². The second-order valence-electron chi connectivity index (χ2n) is 18.1. The van der Waals surface area contributed by atoms with E-state index in [1.54, 1.807) is 12.1 Å². The number of carbonyl (C=O) groups excluding carboxylic acids is 1. The first-order valence-corrected chi connectivity index (χ1v) is 20.8. The second-order valence-corrected chi connectivity index (χ2v) is 22.9. The number of phenolic OH excluding ortho intramolecular Hbond substituents is 1. The lowest BCUT2D eigenvalue weighted by atomic mass is 9.79. The summed E-state index contributed by atoms with van der Waals surface area (Å²) in [6.07, 6.45) is -0.485. The van der Waals surface area contributed by atoms with E-state index in [1.165, 1.54) is 0 Å². The summed E-state index contributed by atoms with van der Waals surface area (Å²) in [6, 6.07) is 14.2. The zero-order chi connectivity index (χ0) is 38.8. The van der Waals surface area contributed by atoms with E-state index in [-0.39, 0.29) is 41.8 Å². The Morgan fingerprint density at radius 1 is 0.725 bits per heavy atom. The maximum Gasteiger partial charge on any atom is 0.494 e. The minimum atomic E-state index is -2.00. The van der Waals surface area contributed by atoms with Crippen molar-refractivity contribution >= 4 is 39.6 Å². The molecular formula is C38H63B2NO9Si. The van der Waals surface area contributed by atoms with Gasteiger partial charge >= 0.3 is 20.3 Å². The molecule has 2 fully saturated rings. The molecule has 0 aliphatic carbocycles. The third-order valence-corrected chi connectivity index (χ3v) is 14.9. The van der Waals surface area contributed by atoms with Gasteiger partial charge in [0.2, 0.25) is 0 Å². The van der Waals surface area contributed by atoms with E-state index in [1.807, 2.05) is 113 Å². The number of hydrogen-bond donors (Lipinski definition) is 2. The van der Waals surface area contributed by atoms with Crippen molar-refractivity contribution in [1.82, 2.24) is 5.32 Å². The van der Waals surface area contributed by atoms with Crippen LogP contribution >= 0.6 is 0 Å². The molecule has 13 heteroatoms. The minimum absolute atomic E-state index is 0.0632. The van der Waals surface area contributed by atoms with Gasteiger partial charge in [-0.05, 0) is 129 Å². The van der Waals surface area contributed by atoms with Crippen LogP contribution in [0, 0.1) is 0 Å². The number of benzene rings is 2.